The average molecular weight is 325 g/mol. The maximum Gasteiger partial charge on any atom is 0.234 e. The molecule has 2 N–H and O–H groups in total. The number of rotatable bonds is 6. The van der Waals surface area contributed by atoms with Crippen LogP contribution in [0, 0.1) is 5.92 Å². The van der Waals surface area contributed by atoms with Crippen molar-refractivity contribution in [2.45, 2.75) is 25.4 Å². The molecule has 21 heavy (non-hydrogen) atoms. The van der Waals surface area contributed by atoms with Crippen molar-refractivity contribution in [2.24, 2.45) is 5.92 Å². The summed E-state index contributed by atoms with van der Waals surface area (Å²) >= 11 is 7.17. The van der Waals surface area contributed by atoms with Crippen LogP contribution in [-0.2, 0) is 11.2 Å². The molecular weight excluding hydrogens is 308 g/mol. The van der Waals surface area contributed by atoms with Gasteiger partial charge in [-0.1, -0.05) is 43.3 Å². The highest BCUT2D eigenvalue weighted by Gasteiger charge is 2.09. The lowest BCUT2D eigenvalue weighted by Crippen LogP contribution is -2.14. The third-order valence-electron chi connectivity index (χ3n) is 2.55. The van der Waals surface area contributed by atoms with Gasteiger partial charge in [-0.2, -0.15) is 0 Å². The van der Waals surface area contributed by atoms with Crippen molar-refractivity contribution >= 4 is 35.0 Å². The van der Waals surface area contributed by atoms with E-state index in [-0.39, 0.29) is 11.7 Å². The van der Waals surface area contributed by atoms with E-state index in [4.69, 9.17) is 11.6 Å². The number of hydrogen-bond donors (Lipinski definition) is 2. The molecule has 0 aliphatic rings. The second-order valence-corrected chi connectivity index (χ2v) is 6.39. The first-order valence-corrected chi connectivity index (χ1v) is 7.99. The third-order valence-corrected chi connectivity index (χ3v) is 3.64. The molecule has 7 heteroatoms. The second kappa shape index (κ2) is 7.47. The zero-order valence-corrected chi connectivity index (χ0v) is 13.5. The lowest BCUT2D eigenvalue weighted by molar-refractivity contribution is -0.113. The maximum atomic E-state index is 11.8. The minimum atomic E-state index is -0.113. The predicted molar refractivity (Wildman–Crippen MR) is 85.7 cm³/mol. The van der Waals surface area contributed by atoms with Crippen LogP contribution in [0.25, 0.3) is 0 Å². The molecule has 2 aromatic rings. The van der Waals surface area contributed by atoms with Gasteiger partial charge < -0.3 is 5.32 Å². The van der Waals surface area contributed by atoms with Crippen LogP contribution in [0.4, 0.5) is 5.69 Å². The molecule has 0 radical (unpaired) electrons. The molecule has 5 nitrogen and oxygen atoms in total. The average Bonchev–Trinajstić information content (AvgIpc) is 2.83. The monoisotopic (exact) mass is 324 g/mol. The van der Waals surface area contributed by atoms with Gasteiger partial charge in [-0.3, -0.25) is 9.89 Å². The number of nitrogens with one attached hydrogen (secondary N) is 2. The van der Waals surface area contributed by atoms with Crippen LogP contribution in [0.3, 0.4) is 0 Å². The third kappa shape index (κ3) is 5.40. The summed E-state index contributed by atoms with van der Waals surface area (Å²) in [5, 5.41) is 10.9. The number of aromatic nitrogens is 3. The molecule has 0 bridgehead atoms. The van der Waals surface area contributed by atoms with Gasteiger partial charge in [0.2, 0.25) is 11.1 Å². The lowest BCUT2D eigenvalue weighted by Gasteiger charge is -2.04. The van der Waals surface area contributed by atoms with E-state index >= 15 is 0 Å². The highest BCUT2D eigenvalue weighted by atomic mass is 35.5. The van der Waals surface area contributed by atoms with E-state index in [0.29, 0.717) is 21.8 Å². The predicted octanol–water partition coefficient (Wildman–Crippen LogP) is 3.39. The summed E-state index contributed by atoms with van der Waals surface area (Å²) < 4.78 is 0. The molecule has 0 atom stereocenters. The number of hydrogen-bond acceptors (Lipinski definition) is 4. The summed E-state index contributed by atoms with van der Waals surface area (Å²) in [6, 6.07) is 7.05. The Labute approximate surface area is 132 Å². The van der Waals surface area contributed by atoms with Crippen molar-refractivity contribution in [1.29, 1.82) is 0 Å². The van der Waals surface area contributed by atoms with Crippen LogP contribution in [0.1, 0.15) is 19.7 Å². The van der Waals surface area contributed by atoms with Crippen molar-refractivity contribution in [3.05, 3.63) is 35.1 Å². The molecule has 112 valence electrons. The Kier molecular flexibility index (Phi) is 5.64. The number of carbonyl (C=O) groups excluding carboxylic acids is 1. The fourth-order valence-corrected chi connectivity index (χ4v) is 2.52. The van der Waals surface area contributed by atoms with Gasteiger partial charge in [0.1, 0.15) is 5.82 Å². The number of H-pyrrole nitrogens is 1. The standard InChI is InChI=1S/C14H17ClN4OS/c1-9(2)6-12-17-14(19-18-12)21-8-13(20)16-11-5-3-4-10(15)7-11/h3-5,7,9H,6,8H2,1-2H3,(H,16,20)(H,17,18,19). The molecule has 1 aromatic carbocycles. The summed E-state index contributed by atoms with van der Waals surface area (Å²) in [5.41, 5.74) is 0.684. The van der Waals surface area contributed by atoms with Crippen LogP contribution in [0.2, 0.25) is 5.02 Å². The van der Waals surface area contributed by atoms with Crippen LogP contribution >= 0.6 is 23.4 Å². The highest BCUT2D eigenvalue weighted by Crippen LogP contribution is 2.17. The molecule has 0 aliphatic heterocycles. The van der Waals surface area contributed by atoms with Gasteiger partial charge in [-0.25, -0.2) is 4.98 Å². The summed E-state index contributed by atoms with van der Waals surface area (Å²) in [4.78, 5) is 16.2. The van der Waals surface area contributed by atoms with E-state index in [2.05, 4.69) is 34.3 Å². The minimum Gasteiger partial charge on any atom is -0.325 e. The van der Waals surface area contributed by atoms with Crippen LogP contribution in [0.15, 0.2) is 29.4 Å². The van der Waals surface area contributed by atoms with E-state index in [9.17, 15) is 4.79 Å². The highest BCUT2D eigenvalue weighted by molar-refractivity contribution is 7.99. The Morgan fingerprint density at radius 2 is 2.29 bits per heavy atom. The first-order chi connectivity index (χ1) is 10.0. The Bertz CT molecular complexity index is 615. The molecule has 1 heterocycles. The van der Waals surface area contributed by atoms with E-state index in [1.807, 2.05) is 0 Å². The summed E-state index contributed by atoms with van der Waals surface area (Å²) in [7, 11) is 0. The number of aromatic amines is 1. The van der Waals surface area contributed by atoms with E-state index in [1.54, 1.807) is 24.3 Å². The first-order valence-electron chi connectivity index (χ1n) is 6.62. The van der Waals surface area contributed by atoms with Gasteiger partial charge in [-0.05, 0) is 24.1 Å². The SMILES string of the molecule is CC(C)Cc1nc(SCC(=O)Nc2cccc(Cl)c2)n[nH]1. The van der Waals surface area contributed by atoms with Crippen LogP contribution in [-0.4, -0.2) is 26.8 Å². The largest absolute Gasteiger partial charge is 0.325 e. The van der Waals surface area contributed by atoms with Crippen molar-refractivity contribution < 1.29 is 4.79 Å². The van der Waals surface area contributed by atoms with Crippen LogP contribution < -0.4 is 5.32 Å². The molecule has 0 saturated heterocycles. The number of halogens is 1. The normalized spacial score (nSPS) is 10.9. The fourth-order valence-electron chi connectivity index (χ4n) is 1.71. The number of anilines is 1. The lowest BCUT2D eigenvalue weighted by atomic mass is 10.1. The zero-order valence-electron chi connectivity index (χ0n) is 11.9. The van der Waals surface area contributed by atoms with Crippen molar-refractivity contribution in [3.63, 3.8) is 0 Å². The van der Waals surface area contributed by atoms with Crippen molar-refractivity contribution in [1.82, 2.24) is 15.2 Å². The van der Waals surface area contributed by atoms with Gasteiger partial charge >= 0.3 is 0 Å². The molecule has 1 amide bonds. The zero-order chi connectivity index (χ0) is 15.2. The van der Waals surface area contributed by atoms with Crippen molar-refractivity contribution in [3.8, 4) is 0 Å². The Hall–Kier alpha value is -1.53. The van der Waals surface area contributed by atoms with E-state index in [1.165, 1.54) is 11.8 Å². The van der Waals surface area contributed by atoms with Crippen molar-refractivity contribution in [2.75, 3.05) is 11.1 Å². The first kappa shape index (κ1) is 15.9. The molecule has 0 fully saturated rings. The number of amides is 1. The Morgan fingerprint density at radius 1 is 1.48 bits per heavy atom. The van der Waals surface area contributed by atoms with Gasteiger partial charge in [-0.15, -0.1) is 5.10 Å². The smallest absolute Gasteiger partial charge is 0.234 e. The number of nitrogens with zero attached hydrogens (tertiary/aromatic N) is 2. The van der Waals surface area contributed by atoms with Gasteiger partial charge in [0.05, 0.1) is 5.75 Å². The summed E-state index contributed by atoms with van der Waals surface area (Å²) in [5.74, 6) is 1.51. The van der Waals surface area contributed by atoms with Gasteiger partial charge in [0, 0.05) is 17.1 Å². The molecule has 1 aromatic heterocycles. The maximum absolute atomic E-state index is 11.8. The summed E-state index contributed by atoms with van der Waals surface area (Å²) in [6.45, 7) is 4.24. The quantitative estimate of drug-likeness (QED) is 0.799. The van der Waals surface area contributed by atoms with Gasteiger partial charge in [0.15, 0.2) is 0 Å². The second-order valence-electron chi connectivity index (χ2n) is 5.01. The molecular formula is C14H17ClN4OS. The Morgan fingerprint density at radius 3 is 3.00 bits per heavy atom. The van der Waals surface area contributed by atoms with Crippen LogP contribution in [0.5, 0.6) is 0 Å². The topological polar surface area (TPSA) is 70.7 Å². The molecule has 0 unspecified atom stereocenters. The van der Waals surface area contributed by atoms with E-state index in [0.717, 1.165) is 12.2 Å². The number of carbonyl (C=O) groups is 1. The summed E-state index contributed by atoms with van der Waals surface area (Å²) in [6.07, 6.45) is 0.849. The number of thioether (sulfide) groups is 1. The number of benzene rings is 1. The molecule has 0 saturated carbocycles. The molecule has 2 rings (SSSR count). The minimum absolute atomic E-state index is 0.113. The molecule has 0 aliphatic carbocycles. The molecule has 0 spiro atoms. The van der Waals surface area contributed by atoms with E-state index < -0.39 is 0 Å². The fraction of sp³-hybridized carbons (Fsp3) is 0.357. The Balaban J connectivity index is 1.82. The van der Waals surface area contributed by atoms with Gasteiger partial charge in [0.25, 0.3) is 0 Å².